The summed E-state index contributed by atoms with van der Waals surface area (Å²) in [5, 5.41) is 23.3. The zero-order chi connectivity index (χ0) is 18.8. The molecule has 12 nitrogen and oxygen atoms in total. The minimum atomic E-state index is -0.478. The van der Waals surface area contributed by atoms with Gasteiger partial charge in [0.25, 0.3) is 0 Å². The van der Waals surface area contributed by atoms with Crippen molar-refractivity contribution in [2.75, 3.05) is 0 Å². The molecule has 0 fully saturated rings. The lowest BCUT2D eigenvalue weighted by molar-refractivity contribution is -0.380. The van der Waals surface area contributed by atoms with Crippen LogP contribution in [0.15, 0.2) is 38.8 Å². The molecule has 0 aromatic carbocycles. The van der Waals surface area contributed by atoms with E-state index in [9.17, 15) is 10.1 Å². The molecule has 0 bridgehead atoms. The summed E-state index contributed by atoms with van der Waals surface area (Å²) in [5.74, 6) is 1.29. The lowest BCUT2D eigenvalue weighted by Crippen LogP contribution is -2.00. The molecule has 0 spiro atoms. The average molecular weight is 403 g/mol. The summed E-state index contributed by atoms with van der Waals surface area (Å²) in [7, 11) is 1.78. The normalized spacial score (nSPS) is 11.0. The summed E-state index contributed by atoms with van der Waals surface area (Å²) >= 11 is 2.17. The number of nitro groups is 1. The summed E-state index contributed by atoms with van der Waals surface area (Å²) in [6.07, 6.45) is 6.13. The summed E-state index contributed by atoms with van der Waals surface area (Å²) < 4.78 is 7.48. The SMILES string of the molecule is Cn1c(Cc2nc(-c3cnccn3)no2)nnc1Sc1ncc([N+](=O)[O-])s1. The van der Waals surface area contributed by atoms with E-state index in [1.165, 1.54) is 18.0 Å². The number of hydrogen-bond donors (Lipinski definition) is 0. The first-order valence-electron chi connectivity index (χ1n) is 7.35. The molecule has 0 saturated carbocycles. The van der Waals surface area contributed by atoms with Crippen molar-refractivity contribution in [2.24, 2.45) is 7.05 Å². The lowest BCUT2D eigenvalue weighted by Gasteiger charge is -1.99. The van der Waals surface area contributed by atoms with E-state index in [1.807, 2.05) is 0 Å². The number of nitrogens with zero attached hydrogens (tertiary/aromatic N) is 9. The third kappa shape index (κ3) is 3.65. The number of rotatable bonds is 6. The van der Waals surface area contributed by atoms with Crippen LogP contribution >= 0.6 is 23.1 Å². The van der Waals surface area contributed by atoms with Crippen molar-refractivity contribution in [3.8, 4) is 11.5 Å². The van der Waals surface area contributed by atoms with Crippen molar-refractivity contribution >= 4 is 28.1 Å². The molecule has 0 saturated heterocycles. The van der Waals surface area contributed by atoms with Gasteiger partial charge in [-0.25, -0.2) is 9.97 Å². The zero-order valence-electron chi connectivity index (χ0n) is 13.6. The Morgan fingerprint density at radius 2 is 2.19 bits per heavy atom. The average Bonchev–Trinajstić information content (AvgIpc) is 3.40. The van der Waals surface area contributed by atoms with E-state index in [2.05, 4.69) is 35.3 Å². The number of thiazole rings is 1. The monoisotopic (exact) mass is 403 g/mol. The third-order valence-electron chi connectivity index (χ3n) is 3.33. The van der Waals surface area contributed by atoms with Crippen LogP contribution in [-0.2, 0) is 13.5 Å². The molecule has 0 N–H and O–H groups in total. The molecule has 4 heterocycles. The van der Waals surface area contributed by atoms with Gasteiger partial charge in [0.2, 0.25) is 11.7 Å². The third-order valence-corrected chi connectivity index (χ3v) is 5.39. The van der Waals surface area contributed by atoms with Gasteiger partial charge < -0.3 is 9.09 Å². The Labute approximate surface area is 158 Å². The van der Waals surface area contributed by atoms with Crippen LogP contribution in [0.5, 0.6) is 0 Å². The molecule has 4 rings (SSSR count). The van der Waals surface area contributed by atoms with Crippen LogP contribution in [0, 0.1) is 10.1 Å². The van der Waals surface area contributed by atoms with Crippen LogP contribution in [0.25, 0.3) is 11.5 Å². The highest BCUT2D eigenvalue weighted by molar-refractivity contribution is 8.00. The van der Waals surface area contributed by atoms with Crippen LogP contribution in [0.2, 0.25) is 0 Å². The molecule has 136 valence electrons. The Bertz CT molecular complexity index is 1090. The Hall–Kier alpha value is -3.26. The summed E-state index contributed by atoms with van der Waals surface area (Å²) in [4.78, 5) is 26.6. The molecule has 0 amide bonds. The molecule has 4 aromatic rings. The van der Waals surface area contributed by atoms with Crippen molar-refractivity contribution in [1.29, 1.82) is 0 Å². The van der Waals surface area contributed by atoms with Crippen LogP contribution in [0.1, 0.15) is 11.7 Å². The molecule has 27 heavy (non-hydrogen) atoms. The Balaban J connectivity index is 1.49. The van der Waals surface area contributed by atoms with Gasteiger partial charge in [-0.1, -0.05) is 5.16 Å². The molecular formula is C13H9N9O3S2. The second-order valence-corrected chi connectivity index (χ2v) is 7.28. The van der Waals surface area contributed by atoms with Crippen molar-refractivity contribution in [3.63, 3.8) is 0 Å². The highest BCUT2D eigenvalue weighted by Crippen LogP contribution is 2.33. The largest absolute Gasteiger partial charge is 0.344 e. The molecule has 0 radical (unpaired) electrons. The van der Waals surface area contributed by atoms with Crippen molar-refractivity contribution in [2.45, 2.75) is 15.9 Å². The molecule has 14 heteroatoms. The molecule has 0 aliphatic heterocycles. The van der Waals surface area contributed by atoms with Crippen LogP contribution in [-0.4, -0.2) is 44.8 Å². The first-order valence-corrected chi connectivity index (χ1v) is 8.99. The molecule has 0 atom stereocenters. The molecule has 0 unspecified atom stereocenters. The van der Waals surface area contributed by atoms with Gasteiger partial charge >= 0.3 is 5.00 Å². The van der Waals surface area contributed by atoms with Crippen molar-refractivity contribution in [1.82, 2.24) is 39.9 Å². The second kappa shape index (κ2) is 7.16. The molecule has 0 aliphatic carbocycles. The maximum atomic E-state index is 10.7. The number of hydrogen-bond acceptors (Lipinski definition) is 12. The summed E-state index contributed by atoms with van der Waals surface area (Å²) in [6, 6.07) is 0. The van der Waals surface area contributed by atoms with E-state index in [0.29, 0.717) is 32.7 Å². The minimum absolute atomic E-state index is 0.0257. The molecular weight excluding hydrogens is 394 g/mol. The summed E-state index contributed by atoms with van der Waals surface area (Å²) in [6.45, 7) is 0. The summed E-state index contributed by atoms with van der Waals surface area (Å²) in [5.41, 5.74) is 0.507. The second-order valence-electron chi connectivity index (χ2n) is 5.06. The quantitative estimate of drug-likeness (QED) is 0.342. The van der Waals surface area contributed by atoms with E-state index in [4.69, 9.17) is 4.52 Å². The fourth-order valence-electron chi connectivity index (χ4n) is 2.03. The van der Waals surface area contributed by atoms with Gasteiger partial charge in [-0.15, -0.1) is 10.2 Å². The standard InChI is InChI=1S/C13H9N9O3S2/c1-21-8(4-9-17-11(20-25-9)7-5-14-2-3-15-7)18-19-12(21)27-13-16-6-10(26-13)22(23)24/h2-3,5-6H,4H2,1H3. The van der Waals surface area contributed by atoms with Crippen LogP contribution < -0.4 is 0 Å². The van der Waals surface area contributed by atoms with Crippen LogP contribution in [0.3, 0.4) is 0 Å². The maximum Gasteiger partial charge on any atom is 0.344 e. The lowest BCUT2D eigenvalue weighted by atomic mass is 10.4. The Kier molecular flexibility index (Phi) is 4.55. The molecule has 0 aliphatic rings. The van der Waals surface area contributed by atoms with Gasteiger partial charge in [-0.05, 0) is 23.1 Å². The van der Waals surface area contributed by atoms with E-state index in [-0.39, 0.29) is 11.4 Å². The van der Waals surface area contributed by atoms with Gasteiger partial charge in [0.15, 0.2) is 9.50 Å². The van der Waals surface area contributed by atoms with Gasteiger partial charge in [0.1, 0.15) is 17.7 Å². The molecule has 4 aromatic heterocycles. The van der Waals surface area contributed by atoms with Crippen molar-refractivity contribution in [3.05, 3.63) is 46.6 Å². The Morgan fingerprint density at radius 3 is 2.93 bits per heavy atom. The van der Waals surface area contributed by atoms with E-state index in [0.717, 1.165) is 11.3 Å². The van der Waals surface area contributed by atoms with E-state index >= 15 is 0 Å². The predicted molar refractivity (Wildman–Crippen MR) is 92.0 cm³/mol. The predicted octanol–water partition coefficient (Wildman–Crippen LogP) is 1.76. The fourth-order valence-corrected chi connectivity index (χ4v) is 3.72. The number of aromatic nitrogens is 8. The highest BCUT2D eigenvalue weighted by atomic mass is 32.2. The zero-order valence-corrected chi connectivity index (χ0v) is 15.2. The van der Waals surface area contributed by atoms with E-state index in [1.54, 1.807) is 30.2 Å². The fraction of sp³-hybridized carbons (Fsp3) is 0.154. The first kappa shape index (κ1) is 17.2. The van der Waals surface area contributed by atoms with Gasteiger partial charge in [0, 0.05) is 19.4 Å². The Morgan fingerprint density at radius 1 is 1.30 bits per heavy atom. The maximum absolute atomic E-state index is 10.7. The first-order chi connectivity index (χ1) is 13.1. The van der Waals surface area contributed by atoms with Crippen molar-refractivity contribution < 1.29 is 9.45 Å². The highest BCUT2D eigenvalue weighted by Gasteiger charge is 2.18. The van der Waals surface area contributed by atoms with Crippen LogP contribution in [0.4, 0.5) is 5.00 Å². The van der Waals surface area contributed by atoms with E-state index < -0.39 is 4.92 Å². The topological polar surface area (TPSA) is 151 Å². The van der Waals surface area contributed by atoms with Gasteiger partial charge in [-0.2, -0.15) is 4.98 Å². The van der Waals surface area contributed by atoms with Gasteiger partial charge in [0.05, 0.1) is 17.5 Å². The minimum Gasteiger partial charge on any atom is -0.338 e. The smallest absolute Gasteiger partial charge is 0.338 e. The van der Waals surface area contributed by atoms with Gasteiger partial charge in [-0.3, -0.25) is 15.1 Å².